The third-order valence-electron chi connectivity index (χ3n) is 2.40. The Morgan fingerprint density at radius 1 is 0.895 bits per heavy atom. The highest BCUT2D eigenvalue weighted by Crippen LogP contribution is 1.96. The Labute approximate surface area is 112 Å². The van der Waals surface area contributed by atoms with Gasteiger partial charge in [-0.2, -0.15) is 0 Å². The molecule has 7 heteroatoms. The van der Waals surface area contributed by atoms with Gasteiger partial charge in [-0.05, 0) is 0 Å². The summed E-state index contributed by atoms with van der Waals surface area (Å²) in [4.78, 5) is 44.0. The van der Waals surface area contributed by atoms with Gasteiger partial charge in [0.1, 0.15) is 18.9 Å². The summed E-state index contributed by atoms with van der Waals surface area (Å²) in [6.45, 7) is 2.46. The third kappa shape index (κ3) is 10.0. The van der Waals surface area contributed by atoms with Crippen molar-refractivity contribution in [2.45, 2.75) is 12.8 Å². The first-order valence-corrected chi connectivity index (χ1v) is 6.26. The van der Waals surface area contributed by atoms with Crippen molar-refractivity contribution in [1.82, 2.24) is 15.5 Å². The summed E-state index contributed by atoms with van der Waals surface area (Å²) in [6, 6.07) is 0. The second-order valence-electron chi connectivity index (χ2n) is 3.83. The molecule has 2 N–H and O–H groups in total. The van der Waals surface area contributed by atoms with Crippen LogP contribution in [0.25, 0.3) is 0 Å². The molecule has 1 amide bonds. The molecular weight excluding hydrogens is 250 g/mol. The third-order valence-corrected chi connectivity index (χ3v) is 2.40. The molecule has 19 heavy (non-hydrogen) atoms. The lowest BCUT2D eigenvalue weighted by atomic mass is 10.3. The lowest BCUT2D eigenvalue weighted by molar-refractivity contribution is -0.132. The Kier molecular flexibility index (Phi) is 11.8. The predicted octanol–water partition coefficient (Wildman–Crippen LogP) is -1.63. The molecule has 0 radical (unpaired) electrons. The normalized spacial score (nSPS) is 9.89. The molecule has 0 heterocycles. The van der Waals surface area contributed by atoms with Crippen molar-refractivity contribution < 1.29 is 19.2 Å². The smallest absolute Gasteiger partial charge is 0.223 e. The molecule has 0 unspecified atom stereocenters. The first-order chi connectivity index (χ1) is 9.26. The van der Waals surface area contributed by atoms with Crippen LogP contribution in [0.3, 0.4) is 0 Å². The van der Waals surface area contributed by atoms with Gasteiger partial charge in [-0.1, -0.05) is 0 Å². The van der Waals surface area contributed by atoms with Crippen LogP contribution in [-0.4, -0.2) is 68.9 Å². The maximum absolute atomic E-state index is 11.8. The summed E-state index contributed by atoms with van der Waals surface area (Å²) < 4.78 is 0. The highest BCUT2D eigenvalue weighted by molar-refractivity contribution is 5.78. The van der Waals surface area contributed by atoms with Crippen LogP contribution < -0.4 is 10.6 Å². The minimum absolute atomic E-state index is 0.104. The van der Waals surface area contributed by atoms with E-state index in [9.17, 15) is 19.2 Å². The fraction of sp³-hybridized carbons (Fsp3) is 0.667. The van der Waals surface area contributed by atoms with Gasteiger partial charge in [0.15, 0.2) is 0 Å². The molecule has 0 rings (SSSR count). The van der Waals surface area contributed by atoms with E-state index in [-0.39, 0.29) is 31.8 Å². The monoisotopic (exact) mass is 271 g/mol. The number of rotatable bonds is 13. The standard InChI is InChI=1S/C12H21N3O4/c16-9-1-2-12(19)15(7-3-13-5-10-17)8-4-14-6-11-18/h9-11,13-14H,1-8H2. The van der Waals surface area contributed by atoms with E-state index in [2.05, 4.69) is 10.6 Å². The minimum atomic E-state index is -0.104. The Morgan fingerprint density at radius 2 is 1.42 bits per heavy atom. The lowest BCUT2D eigenvalue weighted by Crippen LogP contribution is -2.41. The van der Waals surface area contributed by atoms with Crippen molar-refractivity contribution >= 4 is 24.8 Å². The number of nitrogens with one attached hydrogen (secondary N) is 2. The first kappa shape index (κ1) is 17.4. The van der Waals surface area contributed by atoms with E-state index in [4.69, 9.17) is 0 Å². The number of carbonyl (C=O) groups is 4. The molecule has 108 valence electrons. The van der Waals surface area contributed by atoms with Crippen molar-refractivity contribution in [2.75, 3.05) is 39.3 Å². The molecule has 0 aromatic rings. The summed E-state index contributed by atoms with van der Waals surface area (Å²) in [5, 5.41) is 5.74. The molecule has 0 fully saturated rings. The average molecular weight is 271 g/mol. The Morgan fingerprint density at radius 3 is 1.84 bits per heavy atom. The molecule has 7 nitrogen and oxygen atoms in total. The van der Waals surface area contributed by atoms with Crippen LogP contribution in [0, 0.1) is 0 Å². The molecule has 0 aliphatic heterocycles. The zero-order valence-electron chi connectivity index (χ0n) is 11.0. The Balaban J connectivity index is 4.04. The van der Waals surface area contributed by atoms with E-state index in [1.54, 1.807) is 4.90 Å². The maximum Gasteiger partial charge on any atom is 0.223 e. The maximum atomic E-state index is 11.8. The van der Waals surface area contributed by atoms with Gasteiger partial charge in [-0.25, -0.2) is 0 Å². The van der Waals surface area contributed by atoms with E-state index in [1.807, 2.05) is 0 Å². The molecule has 0 aliphatic rings. The van der Waals surface area contributed by atoms with Crippen molar-refractivity contribution in [2.24, 2.45) is 0 Å². The number of amides is 1. The molecule has 0 atom stereocenters. The summed E-state index contributed by atoms with van der Waals surface area (Å²) in [7, 11) is 0. The van der Waals surface area contributed by atoms with Crippen LogP contribution in [0.15, 0.2) is 0 Å². The largest absolute Gasteiger partial charge is 0.340 e. The molecule has 0 aromatic carbocycles. The molecule has 0 saturated heterocycles. The molecule has 0 aromatic heterocycles. The number of aldehydes is 3. The van der Waals surface area contributed by atoms with E-state index in [0.29, 0.717) is 32.5 Å². The zero-order valence-corrected chi connectivity index (χ0v) is 11.0. The van der Waals surface area contributed by atoms with E-state index in [1.165, 1.54) is 0 Å². The fourth-order valence-corrected chi connectivity index (χ4v) is 1.45. The van der Waals surface area contributed by atoms with Gasteiger partial charge < -0.3 is 29.9 Å². The molecule has 0 spiro atoms. The van der Waals surface area contributed by atoms with Crippen molar-refractivity contribution in [3.05, 3.63) is 0 Å². The highest BCUT2D eigenvalue weighted by Gasteiger charge is 2.11. The van der Waals surface area contributed by atoms with Crippen molar-refractivity contribution in [3.63, 3.8) is 0 Å². The Hall–Kier alpha value is -1.60. The van der Waals surface area contributed by atoms with E-state index < -0.39 is 0 Å². The van der Waals surface area contributed by atoms with Crippen LogP contribution >= 0.6 is 0 Å². The van der Waals surface area contributed by atoms with Crippen molar-refractivity contribution in [3.8, 4) is 0 Å². The quantitative estimate of drug-likeness (QED) is 0.308. The second-order valence-corrected chi connectivity index (χ2v) is 3.83. The van der Waals surface area contributed by atoms with Crippen LogP contribution in [0.1, 0.15) is 12.8 Å². The van der Waals surface area contributed by atoms with Crippen LogP contribution in [0.5, 0.6) is 0 Å². The van der Waals surface area contributed by atoms with Gasteiger partial charge in [0.2, 0.25) is 5.91 Å². The van der Waals surface area contributed by atoms with Gasteiger partial charge in [0.25, 0.3) is 0 Å². The first-order valence-electron chi connectivity index (χ1n) is 6.26. The molecule has 0 aliphatic carbocycles. The van der Waals surface area contributed by atoms with Crippen molar-refractivity contribution in [1.29, 1.82) is 0 Å². The van der Waals surface area contributed by atoms with Gasteiger partial charge in [-0.3, -0.25) is 4.79 Å². The minimum Gasteiger partial charge on any atom is -0.340 e. The SMILES string of the molecule is O=CCCC(=O)N(CCNCC=O)CCNCC=O. The second kappa shape index (κ2) is 12.8. The lowest BCUT2D eigenvalue weighted by Gasteiger charge is -2.22. The molecular formula is C12H21N3O4. The molecule has 0 bridgehead atoms. The topological polar surface area (TPSA) is 95.6 Å². The number of nitrogens with zero attached hydrogens (tertiary/aromatic N) is 1. The average Bonchev–Trinajstić information content (AvgIpc) is 2.43. The summed E-state index contributed by atoms with van der Waals surface area (Å²) in [5.74, 6) is -0.104. The summed E-state index contributed by atoms with van der Waals surface area (Å²) >= 11 is 0. The number of carbonyl (C=O) groups excluding carboxylic acids is 4. The summed E-state index contributed by atoms with van der Waals surface area (Å²) in [6.07, 6.45) is 2.61. The van der Waals surface area contributed by atoms with Crippen LogP contribution in [0.2, 0.25) is 0 Å². The Bertz CT molecular complexity index is 268. The molecule has 0 saturated carbocycles. The summed E-state index contributed by atoms with van der Waals surface area (Å²) in [5.41, 5.74) is 0. The van der Waals surface area contributed by atoms with E-state index in [0.717, 1.165) is 12.6 Å². The zero-order chi connectivity index (χ0) is 14.3. The van der Waals surface area contributed by atoms with Gasteiger partial charge >= 0.3 is 0 Å². The highest BCUT2D eigenvalue weighted by atomic mass is 16.2. The van der Waals surface area contributed by atoms with Gasteiger partial charge in [0, 0.05) is 39.0 Å². The van der Waals surface area contributed by atoms with Crippen LogP contribution in [-0.2, 0) is 19.2 Å². The van der Waals surface area contributed by atoms with Gasteiger partial charge in [0.05, 0.1) is 13.1 Å². The predicted molar refractivity (Wildman–Crippen MR) is 69.7 cm³/mol. The van der Waals surface area contributed by atoms with Gasteiger partial charge in [-0.15, -0.1) is 0 Å². The number of hydrogen-bond donors (Lipinski definition) is 2. The fourth-order valence-electron chi connectivity index (χ4n) is 1.45. The van der Waals surface area contributed by atoms with E-state index >= 15 is 0 Å². The van der Waals surface area contributed by atoms with Crippen LogP contribution in [0.4, 0.5) is 0 Å². The number of hydrogen-bond acceptors (Lipinski definition) is 6.